The summed E-state index contributed by atoms with van der Waals surface area (Å²) in [6.07, 6.45) is 1.78. The molecule has 1 saturated heterocycles. The fourth-order valence-electron chi connectivity index (χ4n) is 3.15. The number of nitrogens with one attached hydrogen (secondary N) is 1. The SMILES string of the molecule is O=C(NCCCOCCc1ccccc1)N1CCN(Cc2cccs2)CC1. The van der Waals surface area contributed by atoms with E-state index in [0.717, 1.165) is 52.2 Å². The highest BCUT2D eigenvalue weighted by Gasteiger charge is 2.20. The molecule has 2 heterocycles. The van der Waals surface area contributed by atoms with Gasteiger partial charge >= 0.3 is 6.03 Å². The summed E-state index contributed by atoms with van der Waals surface area (Å²) in [5.41, 5.74) is 1.30. The molecule has 0 unspecified atom stereocenters. The first kappa shape index (κ1) is 19.9. The maximum atomic E-state index is 12.3. The lowest BCUT2D eigenvalue weighted by molar-refractivity contribution is 0.128. The van der Waals surface area contributed by atoms with Crippen molar-refractivity contribution in [2.24, 2.45) is 0 Å². The van der Waals surface area contributed by atoms with Crippen molar-refractivity contribution in [2.45, 2.75) is 19.4 Å². The van der Waals surface area contributed by atoms with Crippen LogP contribution in [0.25, 0.3) is 0 Å². The van der Waals surface area contributed by atoms with Crippen molar-refractivity contribution in [1.29, 1.82) is 0 Å². The maximum Gasteiger partial charge on any atom is 0.317 e. The maximum absolute atomic E-state index is 12.3. The Morgan fingerprint density at radius 1 is 1.04 bits per heavy atom. The molecule has 1 fully saturated rings. The van der Waals surface area contributed by atoms with Crippen LogP contribution in [0.15, 0.2) is 47.8 Å². The minimum absolute atomic E-state index is 0.0510. The van der Waals surface area contributed by atoms with E-state index in [1.54, 1.807) is 11.3 Å². The van der Waals surface area contributed by atoms with Gasteiger partial charge in [-0.25, -0.2) is 4.79 Å². The van der Waals surface area contributed by atoms with Gasteiger partial charge in [0, 0.05) is 50.8 Å². The van der Waals surface area contributed by atoms with E-state index >= 15 is 0 Å². The number of thiophene rings is 1. The molecule has 3 rings (SSSR count). The molecule has 146 valence electrons. The number of ether oxygens (including phenoxy) is 1. The van der Waals surface area contributed by atoms with Crippen LogP contribution < -0.4 is 5.32 Å². The van der Waals surface area contributed by atoms with Gasteiger partial charge in [0.05, 0.1) is 6.61 Å². The average molecular weight is 388 g/mol. The normalized spacial score (nSPS) is 15.0. The van der Waals surface area contributed by atoms with Gasteiger partial charge < -0.3 is 15.0 Å². The van der Waals surface area contributed by atoms with E-state index in [0.29, 0.717) is 13.2 Å². The zero-order valence-electron chi connectivity index (χ0n) is 15.8. The smallest absolute Gasteiger partial charge is 0.317 e. The van der Waals surface area contributed by atoms with Crippen LogP contribution in [0.5, 0.6) is 0 Å². The fourth-order valence-corrected chi connectivity index (χ4v) is 3.90. The summed E-state index contributed by atoms with van der Waals surface area (Å²) in [5, 5.41) is 5.13. The summed E-state index contributed by atoms with van der Waals surface area (Å²) >= 11 is 1.80. The van der Waals surface area contributed by atoms with Gasteiger partial charge in [0.2, 0.25) is 0 Å². The van der Waals surface area contributed by atoms with Gasteiger partial charge in [0.15, 0.2) is 0 Å². The van der Waals surface area contributed by atoms with E-state index in [-0.39, 0.29) is 6.03 Å². The van der Waals surface area contributed by atoms with Crippen molar-refractivity contribution in [3.8, 4) is 0 Å². The van der Waals surface area contributed by atoms with E-state index in [9.17, 15) is 4.79 Å². The predicted octanol–water partition coefficient (Wildman–Crippen LogP) is 3.22. The summed E-state index contributed by atoms with van der Waals surface area (Å²) in [4.78, 5) is 18.0. The lowest BCUT2D eigenvalue weighted by atomic mass is 10.2. The Morgan fingerprint density at radius 3 is 2.59 bits per heavy atom. The predicted molar refractivity (Wildman–Crippen MR) is 110 cm³/mol. The molecule has 0 aliphatic carbocycles. The molecular formula is C21H29N3O2S. The highest BCUT2D eigenvalue weighted by molar-refractivity contribution is 7.09. The van der Waals surface area contributed by atoms with E-state index in [1.807, 2.05) is 23.1 Å². The Morgan fingerprint density at radius 2 is 1.85 bits per heavy atom. The standard InChI is InChI=1S/C21H29N3O2S/c25-21(22-10-5-15-26-16-9-19-6-2-1-3-7-19)24-13-11-23(12-14-24)18-20-8-4-17-27-20/h1-4,6-8,17H,5,9-16,18H2,(H,22,25). The van der Waals surface area contributed by atoms with Gasteiger partial charge in [-0.2, -0.15) is 0 Å². The number of piperazine rings is 1. The monoisotopic (exact) mass is 387 g/mol. The van der Waals surface area contributed by atoms with Gasteiger partial charge in [-0.3, -0.25) is 4.90 Å². The van der Waals surface area contributed by atoms with Crippen molar-refractivity contribution in [2.75, 3.05) is 45.9 Å². The molecule has 0 atom stereocenters. The number of benzene rings is 1. The van der Waals surface area contributed by atoms with E-state index in [2.05, 4.69) is 39.9 Å². The molecule has 5 nitrogen and oxygen atoms in total. The Kier molecular flexibility index (Phi) is 8.14. The molecule has 1 aliphatic heterocycles. The molecule has 0 radical (unpaired) electrons. The molecule has 0 bridgehead atoms. The Balaban J connectivity index is 1.21. The average Bonchev–Trinajstić information content (AvgIpc) is 3.21. The van der Waals surface area contributed by atoms with Crippen LogP contribution in [0.1, 0.15) is 16.9 Å². The van der Waals surface area contributed by atoms with Crippen LogP contribution in [0.4, 0.5) is 4.79 Å². The van der Waals surface area contributed by atoms with E-state index in [1.165, 1.54) is 10.4 Å². The fraction of sp³-hybridized carbons (Fsp3) is 0.476. The van der Waals surface area contributed by atoms with E-state index in [4.69, 9.17) is 4.74 Å². The van der Waals surface area contributed by atoms with Crippen LogP contribution in [0, 0.1) is 0 Å². The van der Waals surface area contributed by atoms with Gasteiger partial charge in [-0.05, 0) is 29.9 Å². The molecule has 1 aromatic carbocycles. The molecule has 0 saturated carbocycles. The minimum atomic E-state index is 0.0510. The molecule has 6 heteroatoms. The third-order valence-electron chi connectivity index (χ3n) is 4.74. The largest absolute Gasteiger partial charge is 0.381 e. The second kappa shape index (κ2) is 11.1. The topological polar surface area (TPSA) is 44.8 Å². The first-order valence-corrected chi connectivity index (χ1v) is 10.6. The molecule has 27 heavy (non-hydrogen) atoms. The van der Waals surface area contributed by atoms with Gasteiger partial charge in [0.25, 0.3) is 0 Å². The number of hydrogen-bond acceptors (Lipinski definition) is 4. The molecule has 1 N–H and O–H groups in total. The Bertz CT molecular complexity index is 655. The van der Waals surface area contributed by atoms with Crippen LogP contribution in [-0.2, 0) is 17.7 Å². The second-order valence-corrected chi connectivity index (χ2v) is 7.81. The van der Waals surface area contributed by atoms with Crippen LogP contribution >= 0.6 is 11.3 Å². The second-order valence-electron chi connectivity index (χ2n) is 6.78. The summed E-state index contributed by atoms with van der Waals surface area (Å²) in [7, 11) is 0. The quantitative estimate of drug-likeness (QED) is 0.672. The third kappa shape index (κ3) is 6.97. The summed E-state index contributed by atoms with van der Waals surface area (Å²) in [5.74, 6) is 0. The zero-order valence-corrected chi connectivity index (χ0v) is 16.6. The first-order chi connectivity index (χ1) is 13.3. The van der Waals surface area contributed by atoms with Crippen molar-refractivity contribution in [3.05, 3.63) is 58.3 Å². The summed E-state index contributed by atoms with van der Waals surface area (Å²) < 4.78 is 5.66. The highest BCUT2D eigenvalue weighted by Crippen LogP contribution is 2.13. The third-order valence-corrected chi connectivity index (χ3v) is 5.60. The van der Waals surface area contributed by atoms with E-state index < -0.39 is 0 Å². The number of amides is 2. The molecular weight excluding hydrogens is 358 g/mol. The lowest BCUT2D eigenvalue weighted by Gasteiger charge is -2.34. The van der Waals surface area contributed by atoms with Crippen LogP contribution in [-0.4, -0.2) is 61.8 Å². The Labute approximate surface area is 165 Å². The zero-order chi connectivity index (χ0) is 18.7. The van der Waals surface area contributed by atoms with Crippen LogP contribution in [0.2, 0.25) is 0 Å². The Hall–Kier alpha value is -1.89. The number of urea groups is 1. The molecule has 2 aromatic rings. The van der Waals surface area contributed by atoms with Crippen molar-refractivity contribution >= 4 is 17.4 Å². The van der Waals surface area contributed by atoms with Crippen molar-refractivity contribution in [3.63, 3.8) is 0 Å². The number of carbonyl (C=O) groups excluding carboxylic acids is 1. The van der Waals surface area contributed by atoms with Gasteiger partial charge in [0.1, 0.15) is 0 Å². The summed E-state index contributed by atoms with van der Waals surface area (Å²) in [6.45, 7) is 6.54. The lowest BCUT2D eigenvalue weighted by Crippen LogP contribution is -2.51. The number of carbonyl (C=O) groups is 1. The molecule has 1 aromatic heterocycles. The summed E-state index contributed by atoms with van der Waals surface area (Å²) in [6, 6.07) is 14.7. The van der Waals surface area contributed by atoms with Crippen LogP contribution in [0.3, 0.4) is 0 Å². The number of nitrogens with zero attached hydrogens (tertiary/aromatic N) is 2. The number of hydrogen-bond donors (Lipinski definition) is 1. The number of rotatable bonds is 9. The van der Waals surface area contributed by atoms with Gasteiger partial charge in [-0.1, -0.05) is 36.4 Å². The molecule has 1 aliphatic rings. The molecule has 2 amide bonds. The minimum Gasteiger partial charge on any atom is -0.381 e. The molecule has 0 spiro atoms. The first-order valence-electron chi connectivity index (χ1n) is 9.70. The van der Waals surface area contributed by atoms with Crippen molar-refractivity contribution < 1.29 is 9.53 Å². The highest BCUT2D eigenvalue weighted by atomic mass is 32.1. The van der Waals surface area contributed by atoms with Gasteiger partial charge in [-0.15, -0.1) is 11.3 Å². The van der Waals surface area contributed by atoms with Crippen molar-refractivity contribution in [1.82, 2.24) is 15.1 Å².